The van der Waals surface area contributed by atoms with Crippen molar-refractivity contribution >= 4 is 21.6 Å². The zero-order chi connectivity index (χ0) is 13.1. The molecule has 0 aliphatic carbocycles. The van der Waals surface area contributed by atoms with Gasteiger partial charge in [0.25, 0.3) is 0 Å². The van der Waals surface area contributed by atoms with Gasteiger partial charge in [-0.1, -0.05) is 18.2 Å². The molecule has 0 heterocycles. The fourth-order valence-electron chi connectivity index (χ4n) is 1.70. The lowest BCUT2D eigenvalue weighted by Gasteiger charge is -2.10. The van der Waals surface area contributed by atoms with Gasteiger partial charge in [-0.25, -0.2) is 8.78 Å². The number of hydrogen-bond donors (Lipinski definition) is 1. The summed E-state index contributed by atoms with van der Waals surface area (Å²) in [7, 11) is 0. The van der Waals surface area contributed by atoms with Crippen molar-refractivity contribution in [2.24, 2.45) is 0 Å². The van der Waals surface area contributed by atoms with E-state index in [1.54, 1.807) is 18.2 Å². The van der Waals surface area contributed by atoms with Gasteiger partial charge < -0.3 is 5.32 Å². The van der Waals surface area contributed by atoms with Crippen molar-refractivity contribution in [3.05, 3.63) is 63.6 Å². The quantitative estimate of drug-likeness (QED) is 0.870. The van der Waals surface area contributed by atoms with Gasteiger partial charge in [0.1, 0.15) is 11.6 Å². The molecule has 0 radical (unpaired) electrons. The third-order valence-electron chi connectivity index (χ3n) is 2.68. The van der Waals surface area contributed by atoms with Crippen LogP contribution in [-0.2, 0) is 6.54 Å². The van der Waals surface area contributed by atoms with Crippen LogP contribution in [0.25, 0.3) is 0 Å². The molecule has 18 heavy (non-hydrogen) atoms. The summed E-state index contributed by atoms with van der Waals surface area (Å²) in [6, 6.07) is 9.74. The van der Waals surface area contributed by atoms with E-state index < -0.39 is 0 Å². The Labute approximate surface area is 113 Å². The summed E-state index contributed by atoms with van der Waals surface area (Å²) >= 11 is 3.09. The summed E-state index contributed by atoms with van der Waals surface area (Å²) in [6.45, 7) is 2.21. The second-order valence-corrected chi connectivity index (χ2v) is 4.89. The minimum Gasteiger partial charge on any atom is -0.378 e. The Morgan fingerprint density at radius 1 is 1.11 bits per heavy atom. The van der Waals surface area contributed by atoms with Gasteiger partial charge in [-0.15, -0.1) is 0 Å². The first-order chi connectivity index (χ1) is 8.58. The van der Waals surface area contributed by atoms with Gasteiger partial charge in [0, 0.05) is 6.54 Å². The number of nitrogens with one attached hydrogen (secondary N) is 1. The summed E-state index contributed by atoms with van der Waals surface area (Å²) in [5.74, 6) is -0.618. The molecular weight excluding hydrogens is 300 g/mol. The van der Waals surface area contributed by atoms with Gasteiger partial charge in [-0.05, 0) is 52.2 Å². The van der Waals surface area contributed by atoms with Crippen LogP contribution in [-0.4, -0.2) is 0 Å². The van der Waals surface area contributed by atoms with E-state index in [4.69, 9.17) is 0 Å². The molecule has 0 atom stereocenters. The van der Waals surface area contributed by atoms with Gasteiger partial charge >= 0.3 is 0 Å². The van der Waals surface area contributed by atoms with Crippen molar-refractivity contribution in [1.82, 2.24) is 0 Å². The van der Waals surface area contributed by atoms with E-state index in [-0.39, 0.29) is 11.6 Å². The van der Waals surface area contributed by atoms with Crippen LogP contribution in [0.5, 0.6) is 0 Å². The monoisotopic (exact) mass is 311 g/mol. The van der Waals surface area contributed by atoms with Crippen LogP contribution in [0.4, 0.5) is 14.5 Å². The average molecular weight is 312 g/mol. The Morgan fingerprint density at radius 2 is 1.89 bits per heavy atom. The van der Waals surface area contributed by atoms with Crippen molar-refractivity contribution in [3.63, 3.8) is 0 Å². The first-order valence-corrected chi connectivity index (χ1v) is 6.30. The zero-order valence-corrected chi connectivity index (χ0v) is 11.4. The predicted octanol–water partition coefficient (Wildman–Crippen LogP) is 4.65. The fraction of sp³-hybridized carbons (Fsp3) is 0.143. The van der Waals surface area contributed by atoms with Crippen molar-refractivity contribution in [3.8, 4) is 0 Å². The molecule has 0 aliphatic heterocycles. The maximum absolute atomic E-state index is 13.6. The highest BCUT2D eigenvalue weighted by Gasteiger charge is 2.05. The average Bonchev–Trinajstić information content (AvgIpc) is 2.33. The second-order valence-electron chi connectivity index (χ2n) is 4.03. The lowest BCUT2D eigenvalue weighted by molar-refractivity contribution is 0.618. The number of anilines is 1. The molecular formula is C14H12BrF2N. The molecule has 0 unspecified atom stereocenters. The van der Waals surface area contributed by atoms with E-state index in [2.05, 4.69) is 21.2 Å². The lowest BCUT2D eigenvalue weighted by atomic mass is 10.1. The van der Waals surface area contributed by atoms with Crippen molar-refractivity contribution in [2.45, 2.75) is 13.5 Å². The zero-order valence-electron chi connectivity index (χ0n) is 9.81. The first kappa shape index (κ1) is 13.0. The molecule has 0 saturated carbocycles. The summed E-state index contributed by atoms with van der Waals surface area (Å²) in [5.41, 5.74) is 2.05. The van der Waals surface area contributed by atoms with E-state index in [0.29, 0.717) is 16.7 Å². The van der Waals surface area contributed by atoms with Crippen LogP contribution in [0.15, 0.2) is 40.9 Å². The lowest BCUT2D eigenvalue weighted by Crippen LogP contribution is -2.03. The highest BCUT2D eigenvalue weighted by molar-refractivity contribution is 9.10. The second kappa shape index (κ2) is 5.48. The van der Waals surface area contributed by atoms with Gasteiger partial charge in [-0.3, -0.25) is 0 Å². The summed E-state index contributed by atoms with van der Waals surface area (Å²) in [5, 5.41) is 2.99. The third kappa shape index (κ3) is 2.88. The minimum absolute atomic E-state index is 0.299. The molecule has 1 N–H and O–H groups in total. The third-order valence-corrected chi connectivity index (χ3v) is 3.32. The molecule has 0 fully saturated rings. The van der Waals surface area contributed by atoms with Crippen LogP contribution in [0.2, 0.25) is 0 Å². The van der Waals surface area contributed by atoms with E-state index in [1.165, 1.54) is 12.1 Å². The van der Waals surface area contributed by atoms with Gasteiger partial charge in [0.05, 0.1) is 10.2 Å². The number of hydrogen-bond acceptors (Lipinski definition) is 1. The van der Waals surface area contributed by atoms with E-state index in [0.717, 1.165) is 11.1 Å². The SMILES string of the molecule is Cc1cccc(F)c1NCc1ccc(Br)c(F)c1. The number of aryl methyl sites for hydroxylation is 1. The molecule has 2 rings (SSSR count). The van der Waals surface area contributed by atoms with Crippen LogP contribution in [0.1, 0.15) is 11.1 Å². The van der Waals surface area contributed by atoms with Crippen LogP contribution < -0.4 is 5.32 Å². The molecule has 0 aliphatic rings. The van der Waals surface area contributed by atoms with Crippen LogP contribution >= 0.6 is 15.9 Å². The van der Waals surface area contributed by atoms with E-state index in [9.17, 15) is 8.78 Å². The molecule has 2 aromatic rings. The highest BCUT2D eigenvalue weighted by atomic mass is 79.9. The number of para-hydroxylation sites is 1. The molecule has 94 valence electrons. The molecule has 4 heteroatoms. The van der Waals surface area contributed by atoms with Crippen molar-refractivity contribution < 1.29 is 8.78 Å². The van der Waals surface area contributed by atoms with Crippen LogP contribution in [0.3, 0.4) is 0 Å². The molecule has 0 bridgehead atoms. The Balaban J connectivity index is 2.14. The summed E-state index contributed by atoms with van der Waals surface area (Å²) < 4.78 is 27.3. The Kier molecular flexibility index (Phi) is 3.97. The summed E-state index contributed by atoms with van der Waals surface area (Å²) in [6.07, 6.45) is 0. The normalized spacial score (nSPS) is 10.4. The van der Waals surface area contributed by atoms with E-state index >= 15 is 0 Å². The number of halogens is 3. The Hall–Kier alpha value is -1.42. The Morgan fingerprint density at radius 3 is 2.56 bits per heavy atom. The van der Waals surface area contributed by atoms with E-state index in [1.807, 2.05) is 13.0 Å². The first-order valence-electron chi connectivity index (χ1n) is 5.51. The Bertz CT molecular complexity index is 549. The molecule has 0 aromatic heterocycles. The standard InChI is InChI=1S/C14H12BrF2N/c1-9-3-2-4-12(16)14(9)18-8-10-5-6-11(15)13(17)7-10/h2-7,18H,8H2,1H3. The molecule has 2 aromatic carbocycles. The number of benzene rings is 2. The molecule has 1 nitrogen and oxygen atoms in total. The predicted molar refractivity (Wildman–Crippen MR) is 72.6 cm³/mol. The van der Waals surface area contributed by atoms with Crippen molar-refractivity contribution in [1.29, 1.82) is 0 Å². The van der Waals surface area contributed by atoms with Crippen LogP contribution in [0, 0.1) is 18.6 Å². The van der Waals surface area contributed by atoms with Gasteiger partial charge in [-0.2, -0.15) is 0 Å². The minimum atomic E-state index is -0.320. The molecule has 0 spiro atoms. The molecule has 0 amide bonds. The molecule has 0 saturated heterocycles. The van der Waals surface area contributed by atoms with Gasteiger partial charge in [0.2, 0.25) is 0 Å². The maximum atomic E-state index is 13.6. The highest BCUT2D eigenvalue weighted by Crippen LogP contribution is 2.21. The topological polar surface area (TPSA) is 12.0 Å². The van der Waals surface area contributed by atoms with Gasteiger partial charge in [0.15, 0.2) is 0 Å². The largest absolute Gasteiger partial charge is 0.378 e. The fourth-order valence-corrected chi connectivity index (χ4v) is 1.94. The summed E-state index contributed by atoms with van der Waals surface area (Å²) in [4.78, 5) is 0. The van der Waals surface area contributed by atoms with Crippen molar-refractivity contribution in [2.75, 3.05) is 5.32 Å². The smallest absolute Gasteiger partial charge is 0.146 e. The maximum Gasteiger partial charge on any atom is 0.146 e. The number of rotatable bonds is 3.